The van der Waals surface area contributed by atoms with E-state index in [4.69, 9.17) is 29.9 Å². The molecule has 0 aromatic heterocycles. The third-order valence-corrected chi connectivity index (χ3v) is 15.2. The van der Waals surface area contributed by atoms with Crippen molar-refractivity contribution in [1.29, 1.82) is 0 Å². The van der Waals surface area contributed by atoms with Crippen LogP contribution in [0.4, 0.5) is 0 Å². The Balaban J connectivity index is 2.60. The quantitative estimate of drug-likeness (QED) is 0.0546. The minimum Gasteiger partial charge on any atom is -0.322 e. The SMILES string of the molecule is CC(C)CCCCCOP(=S)(OCCCCCC(C)C)SCC1COP(N(CCCCCC(C)C)CCCCCC(C)C)O1. The predicted molar refractivity (Wildman–Crippen MR) is 201 cm³/mol. The van der Waals surface area contributed by atoms with Gasteiger partial charge in [-0.3, -0.25) is 0 Å². The highest BCUT2D eigenvalue weighted by Crippen LogP contribution is 2.62. The molecule has 1 heterocycles. The standard InChI is InChI=1S/C35H73NO4P2S2/c1-31(2)21-13-9-17-25-36(26-18-10-14-22-32(3)4)41-37-29-35(40-41)30-44-42(43,38-27-19-11-15-23-33(5)6)39-28-20-12-16-24-34(7)8/h31-35H,9-30H2,1-8H3. The van der Waals surface area contributed by atoms with Crippen molar-refractivity contribution in [3.63, 3.8) is 0 Å². The molecular weight excluding hydrogens is 624 g/mol. The molecule has 1 rings (SSSR count). The van der Waals surface area contributed by atoms with E-state index in [1.165, 1.54) is 89.9 Å². The van der Waals surface area contributed by atoms with Gasteiger partial charge in [0.2, 0.25) is 5.69 Å². The molecule has 1 aliphatic heterocycles. The third-order valence-electron chi connectivity index (χ3n) is 8.01. The second kappa shape index (κ2) is 27.1. The average molecular weight is 698 g/mol. The third kappa shape index (κ3) is 24.4. The van der Waals surface area contributed by atoms with Crippen LogP contribution < -0.4 is 0 Å². The smallest absolute Gasteiger partial charge is 0.259 e. The summed E-state index contributed by atoms with van der Waals surface area (Å²) < 4.78 is 28.2. The monoisotopic (exact) mass is 697 g/mol. The van der Waals surface area contributed by atoms with Crippen LogP contribution in [0.5, 0.6) is 0 Å². The number of hydrogen-bond acceptors (Lipinski definition) is 7. The highest BCUT2D eigenvalue weighted by molar-refractivity contribution is 8.67. The van der Waals surface area contributed by atoms with Crippen molar-refractivity contribution in [3.8, 4) is 0 Å². The van der Waals surface area contributed by atoms with E-state index in [2.05, 4.69) is 60.1 Å². The van der Waals surface area contributed by atoms with Crippen molar-refractivity contribution in [2.45, 2.75) is 164 Å². The first-order chi connectivity index (χ1) is 21.0. The zero-order chi connectivity index (χ0) is 32.6. The predicted octanol–water partition coefficient (Wildman–Crippen LogP) is 12.8. The number of rotatable bonds is 30. The van der Waals surface area contributed by atoms with Gasteiger partial charge in [-0.05, 0) is 61.2 Å². The van der Waals surface area contributed by atoms with Gasteiger partial charge < -0.3 is 18.1 Å². The van der Waals surface area contributed by atoms with Gasteiger partial charge >= 0.3 is 0 Å². The number of unbranched alkanes of at least 4 members (excludes halogenated alkanes) is 8. The molecule has 264 valence electrons. The molecule has 0 amide bonds. The highest BCUT2D eigenvalue weighted by Gasteiger charge is 2.34. The minimum atomic E-state index is -2.41. The molecule has 9 heteroatoms. The summed E-state index contributed by atoms with van der Waals surface area (Å²) in [6, 6.07) is 0. The highest BCUT2D eigenvalue weighted by atomic mass is 32.9. The van der Waals surface area contributed by atoms with Crippen molar-refractivity contribution in [2.24, 2.45) is 23.7 Å². The molecule has 2 unspecified atom stereocenters. The summed E-state index contributed by atoms with van der Waals surface area (Å²) in [4.78, 5) is 0. The zero-order valence-corrected chi connectivity index (χ0v) is 33.7. The summed E-state index contributed by atoms with van der Waals surface area (Å²) in [6.45, 7) is 22.7. The molecule has 0 saturated carbocycles. The molecular formula is C35H73NO4P2S2. The first kappa shape index (κ1) is 43.3. The van der Waals surface area contributed by atoms with Gasteiger partial charge in [0, 0.05) is 18.8 Å². The Bertz CT molecular complexity index is 672. The van der Waals surface area contributed by atoms with Crippen LogP contribution >= 0.6 is 25.6 Å². The Kier molecular flexibility index (Phi) is 26.6. The van der Waals surface area contributed by atoms with Crippen molar-refractivity contribution < 1.29 is 18.1 Å². The second-order valence-electron chi connectivity index (χ2n) is 14.6. The van der Waals surface area contributed by atoms with Crippen LogP contribution in [0.1, 0.15) is 158 Å². The molecule has 44 heavy (non-hydrogen) atoms. The number of nitrogens with zero attached hydrogens (tertiary/aromatic N) is 1. The first-order valence-electron chi connectivity index (χ1n) is 18.4. The molecule has 0 radical (unpaired) electrons. The molecule has 0 N–H and O–H groups in total. The van der Waals surface area contributed by atoms with Crippen LogP contribution in [0.25, 0.3) is 0 Å². The van der Waals surface area contributed by atoms with Gasteiger partial charge in [0.15, 0.2) is 0 Å². The minimum absolute atomic E-state index is 0.0575. The van der Waals surface area contributed by atoms with Crippen LogP contribution in [-0.2, 0) is 29.9 Å². The van der Waals surface area contributed by atoms with Gasteiger partial charge in [-0.15, -0.1) is 0 Å². The normalized spacial score (nSPS) is 17.8. The topological polar surface area (TPSA) is 40.2 Å². The molecule has 2 atom stereocenters. The van der Waals surface area contributed by atoms with E-state index in [1.54, 1.807) is 11.4 Å². The summed E-state index contributed by atoms with van der Waals surface area (Å²) in [5.74, 6) is 3.89. The molecule has 1 fully saturated rings. The van der Waals surface area contributed by atoms with Crippen molar-refractivity contribution in [2.75, 3.05) is 38.7 Å². The Hall–Kier alpha value is 1.23. The van der Waals surface area contributed by atoms with Gasteiger partial charge in [-0.1, -0.05) is 144 Å². The van der Waals surface area contributed by atoms with Crippen molar-refractivity contribution >= 4 is 37.4 Å². The van der Waals surface area contributed by atoms with E-state index in [9.17, 15) is 0 Å². The Morgan fingerprint density at radius 1 is 0.659 bits per heavy atom. The van der Waals surface area contributed by atoms with Gasteiger partial charge in [0.25, 0.3) is 8.53 Å². The summed E-state index contributed by atoms with van der Waals surface area (Å²) in [7, 11) is -0.992. The fourth-order valence-electron chi connectivity index (χ4n) is 5.19. The largest absolute Gasteiger partial charge is 0.322 e. The van der Waals surface area contributed by atoms with Crippen LogP contribution in [-0.4, -0.2) is 49.4 Å². The zero-order valence-electron chi connectivity index (χ0n) is 30.2. The lowest BCUT2D eigenvalue weighted by Gasteiger charge is -2.26. The lowest BCUT2D eigenvalue weighted by molar-refractivity contribution is 0.246. The van der Waals surface area contributed by atoms with Gasteiger partial charge in [-0.2, -0.15) is 0 Å². The van der Waals surface area contributed by atoms with E-state index in [0.29, 0.717) is 19.8 Å². The van der Waals surface area contributed by atoms with Gasteiger partial charge in [-0.25, -0.2) is 4.67 Å². The number of hydrogen-bond donors (Lipinski definition) is 0. The molecule has 1 aliphatic rings. The lowest BCUT2D eigenvalue weighted by Crippen LogP contribution is -2.22. The summed E-state index contributed by atoms with van der Waals surface area (Å²) >= 11 is 7.78. The van der Waals surface area contributed by atoms with E-state index in [0.717, 1.165) is 55.4 Å². The molecule has 1 saturated heterocycles. The van der Waals surface area contributed by atoms with Crippen LogP contribution in [0.15, 0.2) is 0 Å². The van der Waals surface area contributed by atoms with Crippen LogP contribution in [0.3, 0.4) is 0 Å². The van der Waals surface area contributed by atoms with E-state index >= 15 is 0 Å². The molecule has 0 bridgehead atoms. The molecule has 0 spiro atoms. The van der Waals surface area contributed by atoms with E-state index in [1.807, 2.05) is 0 Å². The lowest BCUT2D eigenvalue weighted by atomic mass is 10.1. The fraction of sp³-hybridized carbons (Fsp3) is 1.00. The summed E-state index contributed by atoms with van der Waals surface area (Å²) in [5, 5.41) is 0. The molecule has 0 aromatic rings. The van der Waals surface area contributed by atoms with Crippen molar-refractivity contribution in [1.82, 2.24) is 4.67 Å². The van der Waals surface area contributed by atoms with Crippen molar-refractivity contribution in [3.05, 3.63) is 0 Å². The molecule has 0 aliphatic carbocycles. The molecule has 5 nitrogen and oxygen atoms in total. The van der Waals surface area contributed by atoms with Crippen LogP contribution in [0, 0.1) is 23.7 Å². The van der Waals surface area contributed by atoms with E-state index < -0.39 is 14.2 Å². The van der Waals surface area contributed by atoms with Gasteiger partial charge in [0.05, 0.1) is 25.9 Å². The fourth-order valence-corrected chi connectivity index (χ4v) is 11.3. The van der Waals surface area contributed by atoms with E-state index in [-0.39, 0.29) is 6.10 Å². The Labute approximate surface area is 285 Å². The second-order valence-corrected chi connectivity index (χ2v) is 22.5. The maximum Gasteiger partial charge on any atom is 0.259 e. The summed E-state index contributed by atoms with van der Waals surface area (Å²) in [5.41, 5.74) is -2.41. The van der Waals surface area contributed by atoms with Crippen LogP contribution in [0.2, 0.25) is 0 Å². The Morgan fingerprint density at radius 2 is 1.07 bits per heavy atom. The Morgan fingerprint density at radius 3 is 1.48 bits per heavy atom. The maximum absolute atomic E-state index is 6.58. The first-order valence-corrected chi connectivity index (χ1v) is 23.7. The van der Waals surface area contributed by atoms with Gasteiger partial charge in [0.1, 0.15) is 0 Å². The average Bonchev–Trinajstić information content (AvgIpc) is 3.43. The molecule has 0 aromatic carbocycles. The maximum atomic E-state index is 6.58. The summed E-state index contributed by atoms with van der Waals surface area (Å²) in [6.07, 6.45) is 20.0.